The van der Waals surface area contributed by atoms with Gasteiger partial charge >= 0.3 is 0 Å². The molecule has 123 heavy (non-hydrogen) atoms. The van der Waals surface area contributed by atoms with Crippen molar-refractivity contribution in [2.75, 3.05) is 0 Å². The Hall–Kier alpha value is -13.4. The number of furan rings is 5. The van der Waals surface area contributed by atoms with Crippen LogP contribution in [-0.2, 0) is 35.2 Å². The minimum Gasteiger partial charge on any atom is -0.437 e. The largest absolute Gasteiger partial charge is 0.437 e. The zero-order valence-corrected chi connectivity index (χ0v) is 72.4. The molecule has 20 rings (SSSR count). The normalized spacial score (nSPS) is 16.1. The molecule has 0 radical (unpaired) electrons. The van der Waals surface area contributed by atoms with E-state index in [1.807, 2.05) is 208 Å². The third-order valence-corrected chi connectivity index (χ3v) is 23.0. The van der Waals surface area contributed by atoms with Crippen LogP contribution in [0.2, 0.25) is 0 Å². The van der Waals surface area contributed by atoms with Crippen LogP contribution in [0.25, 0.3) is 167 Å². The average molecular weight is 1650 g/mol. The summed E-state index contributed by atoms with van der Waals surface area (Å²) in [7, 11) is 9.21. The molecule has 2 unspecified atom stereocenters. The molecule has 15 heteroatoms. The molecule has 0 amide bonds. The summed E-state index contributed by atoms with van der Waals surface area (Å²) in [6, 6.07) is 48.8. The van der Waals surface area contributed by atoms with Crippen molar-refractivity contribution in [3.8, 4) is 56.3 Å². The van der Waals surface area contributed by atoms with E-state index >= 15 is 0 Å². The molecule has 15 aromatic heterocycles. The predicted octanol–water partition coefficient (Wildman–Crippen LogP) is 24.9. The minimum absolute atomic E-state index is 0.213. The van der Waals surface area contributed by atoms with Crippen LogP contribution in [0.15, 0.2) is 211 Å². The lowest BCUT2D eigenvalue weighted by molar-refractivity contribution is -0.660. The fraction of sp³-hybridized carbons (Fsp3) is 0.259. The van der Waals surface area contributed by atoms with E-state index in [0.29, 0.717) is 100 Å². The highest BCUT2D eigenvalue weighted by molar-refractivity contribution is 6.14. The Labute approximate surface area is 752 Å². The van der Waals surface area contributed by atoms with E-state index < -0.39 is 59.8 Å². The number of hydrogen-bond donors (Lipinski definition) is 0. The Kier molecular flexibility index (Phi) is 15.9. The Balaban J connectivity index is 0.000000131. The fourth-order valence-electron chi connectivity index (χ4n) is 16.4. The molecular weight excluding hydrogens is 1520 g/mol. The summed E-state index contributed by atoms with van der Waals surface area (Å²) in [5, 5.41) is 8.11. The Bertz CT molecular complexity index is 8490. The molecular formula is C108H111N10O5+5. The monoisotopic (exact) mass is 1650 g/mol. The van der Waals surface area contributed by atoms with Crippen molar-refractivity contribution in [1.29, 1.82) is 0 Å². The standard InChI is InChI=1S/3C22H23N2O.2C21H21N2O/c1-12-10-18(24(6)11-15(12)4)20-14(3)9-13(2)19-17-8-7-16(5)23-22(17)25-21(19)20;2*1-13(2)16-10-11-24(5)19(12-16)20-14(3)6-8-17-18-9-7-15(4)23-22(18)25-21(17)20;1-12-6-9-17(23(5)11-12)19-14(3)10-13(2)18-16-8-7-15(4)22-21(16)24-20(18)19;1-12-6-8-16-17-9-7-15(4)22-21(17)24-20(16)19(12)18-10-13(2)14(3)11-23(18)5/h7-11H,1-6H3;2*6-13H,1-5H3;2*6-11H,1-5H3/q5*+1/i2D3,4D3;2*1D3,13D;1D3,2D3;3D3. The van der Waals surface area contributed by atoms with E-state index in [9.17, 15) is 0 Å². The van der Waals surface area contributed by atoms with Crippen LogP contribution in [-0.4, -0.2) is 24.9 Å². The van der Waals surface area contributed by atoms with Crippen LogP contribution >= 0.6 is 0 Å². The number of nitrogens with zero attached hydrogens (tertiary/aromatic N) is 10. The molecule has 0 fully saturated rings. The molecule has 618 valence electrons. The summed E-state index contributed by atoms with van der Waals surface area (Å²) < 4.78 is 221. The molecule has 0 aliphatic heterocycles. The lowest BCUT2D eigenvalue weighted by atomic mass is 9.96. The van der Waals surface area contributed by atoms with Gasteiger partial charge in [-0.25, -0.2) is 47.8 Å². The van der Waals surface area contributed by atoms with Gasteiger partial charge in [-0.05, 0) is 257 Å². The quantitative estimate of drug-likeness (QED) is 0.141. The number of aromatic nitrogens is 10. The predicted molar refractivity (Wildman–Crippen MR) is 499 cm³/mol. The summed E-state index contributed by atoms with van der Waals surface area (Å²) in [6.07, 6.45) is 8.46. The summed E-state index contributed by atoms with van der Waals surface area (Å²) in [5.74, 6) is -3.44. The highest BCUT2D eigenvalue weighted by Gasteiger charge is 2.29. The topological polar surface area (TPSA) is 150 Å². The second-order valence-electron chi connectivity index (χ2n) is 32.3. The van der Waals surface area contributed by atoms with E-state index in [1.165, 1.54) is 13.8 Å². The molecule has 0 aliphatic rings. The van der Waals surface area contributed by atoms with Crippen LogP contribution in [0.1, 0.15) is 177 Å². The number of hydrogen-bond acceptors (Lipinski definition) is 10. The summed E-state index contributed by atoms with van der Waals surface area (Å²) >= 11 is 0. The Morgan fingerprint density at radius 2 is 0.577 bits per heavy atom. The molecule has 2 atom stereocenters. The lowest BCUT2D eigenvalue weighted by Gasteiger charge is -2.09. The fourth-order valence-corrected chi connectivity index (χ4v) is 16.4. The maximum atomic E-state index is 8.47. The number of aryl methyl sites for hydroxylation is 22. The maximum absolute atomic E-state index is 8.47. The van der Waals surface area contributed by atoms with Crippen LogP contribution in [0.4, 0.5) is 0 Å². The van der Waals surface area contributed by atoms with Gasteiger partial charge in [0.05, 0.1) is 27.8 Å². The summed E-state index contributed by atoms with van der Waals surface area (Å²) in [5.41, 5.74) is 26.0. The first-order chi connectivity index (χ1) is 67.8. The van der Waals surface area contributed by atoms with Gasteiger partial charge in [-0.1, -0.05) is 76.1 Å². The number of rotatable bonds is 7. The number of benzene rings is 5. The van der Waals surface area contributed by atoms with E-state index in [1.54, 1.807) is 110 Å². The van der Waals surface area contributed by atoms with Gasteiger partial charge in [0.2, 0.25) is 57.0 Å². The molecule has 0 N–H and O–H groups in total. The van der Waals surface area contributed by atoms with Gasteiger partial charge in [0, 0.05) is 173 Å². The molecule has 15 nitrogen and oxygen atoms in total. The smallest absolute Gasteiger partial charge is 0.227 e. The summed E-state index contributed by atoms with van der Waals surface area (Å²) in [4.78, 5) is 22.4. The third kappa shape index (κ3) is 15.6. The van der Waals surface area contributed by atoms with E-state index in [2.05, 4.69) is 37.1 Å². The van der Waals surface area contributed by atoms with Crippen molar-refractivity contribution < 1.29 is 76.4 Å². The van der Waals surface area contributed by atoms with Gasteiger partial charge in [0.25, 0.3) is 0 Å². The van der Waals surface area contributed by atoms with E-state index in [4.69, 9.17) is 53.6 Å². The van der Waals surface area contributed by atoms with Crippen molar-refractivity contribution >= 4 is 110 Å². The summed E-state index contributed by atoms with van der Waals surface area (Å²) in [6.45, 7) is 9.53. The highest BCUT2D eigenvalue weighted by atomic mass is 16.4. The SMILES string of the molecule is [2H]C([2H])([2H])C([2H])(C)c1cc[n+](C)c(-c2c(C)ccc3c2oc2nc(C)ccc23)c1.[2H]C([2H])([2H])C([2H])(C)c1cc[n+](C)c(-c2c(C)ccc3c2oc2nc(C)ccc23)c1.[2H]C([2H])([2H])c1c[n+](C)c(-c2c(C)cc(C([2H])([2H])[2H])c3c2oc2nc(C)ccc23)cc1C.[2H]C([2H])([2H])c1c[n+](C)c(-c2c(C)ccc3c2oc2nc(C)ccc23)cc1C.[2H]C([2H])([2H])c1ccc(-c2c(C)cc(C([2H])([2H])[2H])c3c2oc2nc(C)ccc23)[n+](C)c1. The van der Waals surface area contributed by atoms with E-state index in [-0.39, 0.29) is 22.3 Å². The molecule has 0 saturated carbocycles. The first-order valence-electron chi connectivity index (χ1n) is 51.9. The van der Waals surface area contributed by atoms with Crippen LogP contribution in [0.5, 0.6) is 0 Å². The molecule has 5 aromatic carbocycles. The van der Waals surface area contributed by atoms with Crippen LogP contribution < -0.4 is 22.8 Å². The number of pyridine rings is 10. The average Bonchev–Trinajstić information content (AvgIpc) is 1.64. The van der Waals surface area contributed by atoms with Gasteiger partial charge in [-0.2, -0.15) is 0 Å². The lowest BCUT2D eigenvalue weighted by Crippen LogP contribution is -2.31. The van der Waals surface area contributed by atoms with Gasteiger partial charge in [-0.15, -0.1) is 0 Å². The second-order valence-corrected chi connectivity index (χ2v) is 32.3. The molecule has 0 spiro atoms. The first-order valence-corrected chi connectivity index (χ1v) is 40.4. The van der Waals surface area contributed by atoms with E-state index in [0.717, 1.165) is 150 Å². The van der Waals surface area contributed by atoms with Crippen molar-refractivity contribution in [3.63, 3.8) is 0 Å². The first kappa shape index (κ1) is 59.3. The highest BCUT2D eigenvalue weighted by Crippen LogP contribution is 2.44. The molecule has 20 aromatic rings. The van der Waals surface area contributed by atoms with Crippen molar-refractivity contribution in [2.45, 2.75) is 157 Å². The minimum atomic E-state index is -2.44. The van der Waals surface area contributed by atoms with Gasteiger partial charge in [0.1, 0.15) is 35.2 Å². The molecule has 0 bridgehead atoms. The van der Waals surface area contributed by atoms with Crippen molar-refractivity contribution in [2.24, 2.45) is 35.2 Å². The Morgan fingerprint density at radius 3 is 0.919 bits per heavy atom. The third-order valence-electron chi connectivity index (χ3n) is 23.0. The van der Waals surface area contributed by atoms with Crippen LogP contribution in [0, 0.1) is 117 Å². The zero-order chi connectivity index (χ0) is 107. The zero-order valence-electron chi connectivity index (χ0n) is 95.4. The van der Waals surface area contributed by atoms with Crippen molar-refractivity contribution in [3.05, 3.63) is 295 Å². The van der Waals surface area contributed by atoms with Gasteiger partial charge in [-0.3, -0.25) is 0 Å². The maximum Gasteiger partial charge on any atom is 0.227 e. The Morgan fingerprint density at radius 1 is 0.268 bits per heavy atom. The van der Waals surface area contributed by atoms with Gasteiger partial charge < -0.3 is 22.1 Å². The van der Waals surface area contributed by atoms with Crippen LogP contribution in [0.3, 0.4) is 0 Å². The molecule has 0 saturated heterocycles. The van der Waals surface area contributed by atoms with Crippen molar-refractivity contribution in [1.82, 2.24) is 24.9 Å². The second kappa shape index (κ2) is 32.9. The van der Waals surface area contributed by atoms with Gasteiger partial charge in [0.15, 0.2) is 58.9 Å². The molecule has 15 heterocycles. The molecule has 0 aliphatic carbocycles. The number of fused-ring (bicyclic) bond motifs is 15.